The van der Waals surface area contributed by atoms with Gasteiger partial charge in [-0.2, -0.15) is 0 Å². The monoisotopic (exact) mass is 276 g/mol. The van der Waals surface area contributed by atoms with Crippen LogP contribution in [-0.4, -0.2) is 42.5 Å². The van der Waals surface area contributed by atoms with Gasteiger partial charge in [-0.25, -0.2) is 0 Å². The Labute approximate surface area is 116 Å². The zero-order chi connectivity index (χ0) is 14.8. The van der Waals surface area contributed by atoms with Crippen molar-refractivity contribution in [3.05, 3.63) is 36.7 Å². The van der Waals surface area contributed by atoms with Crippen LogP contribution in [0.2, 0.25) is 0 Å². The number of nitrogens with one attached hydrogen (secondary N) is 1. The maximum absolute atomic E-state index is 11.3. The molecule has 0 radical (unpaired) electrons. The second-order valence-electron chi connectivity index (χ2n) is 3.61. The van der Waals surface area contributed by atoms with Crippen LogP contribution in [0.3, 0.4) is 0 Å². The third kappa shape index (κ3) is 4.33. The largest absolute Gasteiger partial charge is 0.483 e. The summed E-state index contributed by atoms with van der Waals surface area (Å²) in [6.45, 7) is -0.114. The number of aliphatic hydroxyl groups is 1. The summed E-state index contributed by atoms with van der Waals surface area (Å²) in [5.74, 6) is 0.296. The first kappa shape index (κ1) is 15.6. The topological polar surface area (TPSA) is 88.5 Å². The van der Waals surface area contributed by atoms with Crippen molar-refractivity contribution in [3.63, 3.8) is 0 Å². The van der Waals surface area contributed by atoms with E-state index in [1.807, 2.05) is 18.2 Å². The molecule has 0 aliphatic rings. The van der Waals surface area contributed by atoms with Crippen molar-refractivity contribution < 1.29 is 19.4 Å². The van der Waals surface area contributed by atoms with Gasteiger partial charge in [-0.3, -0.25) is 9.78 Å². The van der Waals surface area contributed by atoms with Gasteiger partial charge in [0.25, 0.3) is 5.91 Å². The van der Waals surface area contributed by atoms with E-state index in [0.717, 1.165) is 17.9 Å². The Bertz CT molecular complexity index is 567. The van der Waals surface area contributed by atoms with Gasteiger partial charge in [0, 0.05) is 30.3 Å². The highest BCUT2D eigenvalue weighted by atomic mass is 16.5. The van der Waals surface area contributed by atoms with Crippen molar-refractivity contribution in [2.45, 2.75) is 0 Å². The summed E-state index contributed by atoms with van der Waals surface area (Å²) in [6, 6.07) is 7.37. The van der Waals surface area contributed by atoms with Crippen molar-refractivity contribution >= 4 is 23.0 Å². The molecule has 0 saturated heterocycles. The predicted molar refractivity (Wildman–Crippen MR) is 74.5 cm³/mol. The lowest BCUT2D eigenvalue weighted by Crippen LogP contribution is -2.30. The molecule has 0 aliphatic carbocycles. The highest BCUT2D eigenvalue weighted by Gasteiger charge is 2.05. The van der Waals surface area contributed by atoms with Crippen molar-refractivity contribution in [3.8, 4) is 5.75 Å². The Morgan fingerprint density at radius 3 is 2.95 bits per heavy atom. The fourth-order valence-corrected chi connectivity index (χ4v) is 1.57. The summed E-state index contributed by atoms with van der Waals surface area (Å²) in [5, 5.41) is 11.3. The number of carbonyl (C=O) groups is 2. The van der Waals surface area contributed by atoms with E-state index in [1.54, 1.807) is 18.5 Å². The molecule has 0 fully saturated rings. The van der Waals surface area contributed by atoms with E-state index in [0.29, 0.717) is 12.0 Å². The third-order valence-electron chi connectivity index (χ3n) is 2.38. The number of benzene rings is 1. The molecule has 0 spiro atoms. The van der Waals surface area contributed by atoms with Gasteiger partial charge in [0.15, 0.2) is 6.61 Å². The van der Waals surface area contributed by atoms with E-state index in [2.05, 4.69) is 10.3 Å². The first-order valence-electron chi connectivity index (χ1n) is 5.92. The van der Waals surface area contributed by atoms with Crippen LogP contribution >= 0.6 is 0 Å². The normalized spacial score (nSPS) is 9.30. The Morgan fingerprint density at radius 2 is 2.20 bits per heavy atom. The number of hydrogen-bond donors (Lipinski definition) is 2. The number of nitrogens with zero attached hydrogens (tertiary/aromatic N) is 1. The summed E-state index contributed by atoms with van der Waals surface area (Å²) >= 11 is 0. The molecular formula is C14H16N2O4. The van der Waals surface area contributed by atoms with Crippen LogP contribution in [0, 0.1) is 0 Å². The van der Waals surface area contributed by atoms with Crippen LogP contribution in [-0.2, 0) is 9.59 Å². The molecule has 1 aromatic carbocycles. The quantitative estimate of drug-likeness (QED) is 0.778. The van der Waals surface area contributed by atoms with Gasteiger partial charge in [-0.15, -0.1) is 0 Å². The second kappa shape index (κ2) is 8.60. The molecule has 6 nitrogen and oxygen atoms in total. The van der Waals surface area contributed by atoms with Crippen LogP contribution in [0.5, 0.6) is 5.75 Å². The number of fused-ring (bicyclic) bond motifs is 1. The summed E-state index contributed by atoms with van der Waals surface area (Å²) in [4.78, 5) is 25.4. The number of aliphatic hydroxyl groups excluding tert-OH is 1. The maximum Gasteiger partial charge on any atom is 0.258 e. The molecule has 2 aromatic rings. The number of hydrogen-bond acceptors (Lipinski definition) is 5. The minimum atomic E-state index is -0.326. The van der Waals surface area contributed by atoms with Gasteiger partial charge in [0.2, 0.25) is 0 Å². The highest BCUT2D eigenvalue weighted by molar-refractivity contribution is 5.88. The average Bonchev–Trinajstić information content (AvgIpc) is 2.52. The molecule has 20 heavy (non-hydrogen) atoms. The SMILES string of the molecule is CO.O=CCNC(=O)COc1cccc2cnccc12. The number of aldehydes is 1. The van der Waals surface area contributed by atoms with Crippen molar-refractivity contribution in [1.29, 1.82) is 0 Å². The van der Waals surface area contributed by atoms with Crippen LogP contribution in [0.25, 0.3) is 10.8 Å². The van der Waals surface area contributed by atoms with E-state index in [-0.39, 0.29) is 19.1 Å². The summed E-state index contributed by atoms with van der Waals surface area (Å²) in [5.41, 5.74) is 0. The number of pyridine rings is 1. The first-order valence-corrected chi connectivity index (χ1v) is 5.92. The minimum Gasteiger partial charge on any atom is -0.483 e. The fraction of sp³-hybridized carbons (Fsp3) is 0.214. The Kier molecular flexibility index (Phi) is 6.70. The first-order chi connectivity index (χ1) is 9.81. The molecule has 106 valence electrons. The minimum absolute atomic E-state index is 0.00164. The molecule has 0 aliphatic heterocycles. The number of carbonyl (C=O) groups excluding carboxylic acids is 2. The maximum atomic E-state index is 11.3. The van der Waals surface area contributed by atoms with Crippen molar-refractivity contribution in [2.75, 3.05) is 20.3 Å². The predicted octanol–water partition coefficient (Wildman–Crippen LogP) is 0.537. The fourth-order valence-electron chi connectivity index (χ4n) is 1.57. The molecule has 2 rings (SSSR count). The number of ether oxygens (including phenoxy) is 1. The van der Waals surface area contributed by atoms with Gasteiger partial charge in [-0.05, 0) is 12.1 Å². The Morgan fingerprint density at radius 1 is 1.40 bits per heavy atom. The average molecular weight is 276 g/mol. The van der Waals surface area contributed by atoms with Crippen LogP contribution in [0.1, 0.15) is 0 Å². The number of amides is 1. The van der Waals surface area contributed by atoms with Gasteiger partial charge >= 0.3 is 0 Å². The molecule has 1 amide bonds. The van der Waals surface area contributed by atoms with E-state index >= 15 is 0 Å². The van der Waals surface area contributed by atoms with E-state index in [1.165, 1.54) is 0 Å². The van der Waals surface area contributed by atoms with Gasteiger partial charge in [0.05, 0.1) is 6.54 Å². The molecule has 6 heteroatoms. The third-order valence-corrected chi connectivity index (χ3v) is 2.38. The highest BCUT2D eigenvalue weighted by Crippen LogP contribution is 2.24. The summed E-state index contributed by atoms with van der Waals surface area (Å²) < 4.78 is 5.42. The molecule has 1 aromatic heterocycles. The van der Waals surface area contributed by atoms with Gasteiger partial charge in [0.1, 0.15) is 12.0 Å². The Balaban J connectivity index is 0.000000956. The standard InChI is InChI=1S/C13H12N2O3.CH4O/c16-7-6-15-13(17)9-18-12-3-1-2-10-8-14-5-4-11(10)12;1-2/h1-5,7-8H,6,9H2,(H,15,17);2H,1H3. The van der Waals surface area contributed by atoms with Gasteiger partial charge in [-0.1, -0.05) is 12.1 Å². The van der Waals surface area contributed by atoms with Crippen LogP contribution < -0.4 is 10.1 Å². The number of rotatable bonds is 5. The lowest BCUT2D eigenvalue weighted by atomic mass is 10.1. The zero-order valence-corrected chi connectivity index (χ0v) is 11.1. The lowest BCUT2D eigenvalue weighted by Gasteiger charge is -2.08. The molecule has 2 N–H and O–H groups in total. The van der Waals surface area contributed by atoms with Gasteiger partial charge < -0.3 is 20.0 Å². The molecule has 0 atom stereocenters. The second-order valence-corrected chi connectivity index (χ2v) is 3.61. The molecular weight excluding hydrogens is 260 g/mol. The number of aromatic nitrogens is 1. The summed E-state index contributed by atoms with van der Waals surface area (Å²) in [7, 11) is 1.00. The van der Waals surface area contributed by atoms with Crippen LogP contribution in [0.4, 0.5) is 0 Å². The zero-order valence-electron chi connectivity index (χ0n) is 11.1. The molecule has 1 heterocycles. The molecule has 0 unspecified atom stereocenters. The smallest absolute Gasteiger partial charge is 0.258 e. The van der Waals surface area contributed by atoms with E-state index in [9.17, 15) is 9.59 Å². The lowest BCUT2D eigenvalue weighted by molar-refractivity contribution is -0.124. The van der Waals surface area contributed by atoms with Crippen LogP contribution in [0.15, 0.2) is 36.7 Å². The molecule has 0 saturated carbocycles. The Hall–Kier alpha value is -2.47. The molecule has 0 bridgehead atoms. The van der Waals surface area contributed by atoms with E-state index < -0.39 is 0 Å². The van der Waals surface area contributed by atoms with Crippen molar-refractivity contribution in [2.24, 2.45) is 0 Å². The summed E-state index contributed by atoms with van der Waals surface area (Å²) in [6.07, 6.45) is 4.03. The van der Waals surface area contributed by atoms with E-state index in [4.69, 9.17) is 9.84 Å². The van der Waals surface area contributed by atoms with Crippen molar-refractivity contribution in [1.82, 2.24) is 10.3 Å².